The summed E-state index contributed by atoms with van der Waals surface area (Å²) in [6, 6.07) is 16.5. The molecule has 5 nitrogen and oxygen atoms in total. The second-order valence-corrected chi connectivity index (χ2v) is 8.32. The molecule has 2 aromatic carbocycles. The van der Waals surface area contributed by atoms with E-state index in [4.69, 9.17) is 4.74 Å². The van der Waals surface area contributed by atoms with Crippen molar-refractivity contribution in [3.05, 3.63) is 80.6 Å². The largest absolute Gasteiger partial charge is 0.489 e. The molecule has 0 aliphatic rings. The standard InChI is InChI=1S/C22H23N3O2S/c1-14-6-5-7-19(25-22(26)24(4)23-25)18(14)13-27-20-10-9-17(12-15(20)2)21-11-8-16(3)28-21/h5-12,23H,13H2,1-4H3. The molecule has 0 radical (unpaired) electrons. The summed E-state index contributed by atoms with van der Waals surface area (Å²) in [5.74, 6) is 0.853. The van der Waals surface area contributed by atoms with Gasteiger partial charge >= 0.3 is 5.69 Å². The van der Waals surface area contributed by atoms with Crippen molar-refractivity contribution in [2.24, 2.45) is 7.05 Å². The quantitative estimate of drug-likeness (QED) is 0.533. The number of aryl methyl sites for hydroxylation is 4. The highest BCUT2D eigenvalue weighted by atomic mass is 32.1. The second kappa shape index (κ2) is 7.20. The maximum Gasteiger partial charge on any atom is 0.364 e. The summed E-state index contributed by atoms with van der Waals surface area (Å²) in [4.78, 5) is 14.6. The Morgan fingerprint density at radius 2 is 1.86 bits per heavy atom. The summed E-state index contributed by atoms with van der Waals surface area (Å²) in [6.45, 7) is 6.61. The third kappa shape index (κ3) is 3.31. The number of aromatic amines is 1. The number of aromatic nitrogens is 3. The first-order chi connectivity index (χ1) is 13.4. The van der Waals surface area contributed by atoms with E-state index < -0.39 is 0 Å². The molecule has 1 N–H and O–H groups in total. The van der Waals surface area contributed by atoms with Crippen LogP contribution in [0, 0.1) is 20.8 Å². The molecule has 0 unspecified atom stereocenters. The van der Waals surface area contributed by atoms with Crippen molar-refractivity contribution in [3.63, 3.8) is 0 Å². The van der Waals surface area contributed by atoms with Crippen molar-refractivity contribution in [2.75, 3.05) is 0 Å². The molecule has 0 aliphatic heterocycles. The molecule has 0 amide bonds. The lowest BCUT2D eigenvalue weighted by atomic mass is 10.1. The Bertz CT molecular complexity index is 1190. The SMILES string of the molecule is Cc1ccc(-c2ccc(OCc3c(C)cccc3-n3[nH]n(C)c3=O)c(C)c2)s1. The Hall–Kier alpha value is -2.99. The highest BCUT2D eigenvalue weighted by Gasteiger charge is 2.14. The van der Waals surface area contributed by atoms with E-state index in [1.54, 1.807) is 23.1 Å². The van der Waals surface area contributed by atoms with Crippen LogP contribution in [0.1, 0.15) is 21.6 Å². The van der Waals surface area contributed by atoms with Crippen LogP contribution < -0.4 is 10.4 Å². The Kier molecular flexibility index (Phi) is 4.73. The van der Waals surface area contributed by atoms with E-state index in [-0.39, 0.29) is 5.69 Å². The summed E-state index contributed by atoms with van der Waals surface area (Å²) in [6.07, 6.45) is 0. The maximum atomic E-state index is 12.1. The van der Waals surface area contributed by atoms with Crippen LogP contribution in [0.15, 0.2) is 53.3 Å². The number of nitrogens with one attached hydrogen (secondary N) is 1. The van der Waals surface area contributed by atoms with E-state index in [9.17, 15) is 4.79 Å². The number of H-pyrrole nitrogens is 1. The molecule has 28 heavy (non-hydrogen) atoms. The average molecular weight is 394 g/mol. The number of hydrogen-bond donors (Lipinski definition) is 1. The van der Waals surface area contributed by atoms with Gasteiger partial charge in [-0.3, -0.25) is 0 Å². The van der Waals surface area contributed by atoms with Crippen LogP contribution in [0.4, 0.5) is 0 Å². The molecule has 6 heteroatoms. The fraction of sp³-hybridized carbons (Fsp3) is 0.227. The molecule has 0 bridgehead atoms. The van der Waals surface area contributed by atoms with Crippen LogP contribution in [0.2, 0.25) is 0 Å². The van der Waals surface area contributed by atoms with Gasteiger partial charge in [0.15, 0.2) is 0 Å². The lowest BCUT2D eigenvalue weighted by molar-refractivity contribution is 0.301. The molecule has 2 heterocycles. The van der Waals surface area contributed by atoms with E-state index >= 15 is 0 Å². The molecule has 0 saturated heterocycles. The lowest BCUT2D eigenvalue weighted by Gasteiger charge is -2.19. The number of nitrogens with zero attached hydrogens (tertiary/aromatic N) is 2. The van der Waals surface area contributed by atoms with Crippen LogP contribution in [0.25, 0.3) is 16.1 Å². The van der Waals surface area contributed by atoms with E-state index in [2.05, 4.69) is 43.3 Å². The number of hydrogen-bond acceptors (Lipinski definition) is 3. The monoisotopic (exact) mass is 393 g/mol. The zero-order valence-electron chi connectivity index (χ0n) is 16.4. The van der Waals surface area contributed by atoms with Crippen LogP contribution >= 0.6 is 11.3 Å². The fourth-order valence-corrected chi connectivity index (χ4v) is 4.15. The number of thiophene rings is 1. The fourth-order valence-electron chi connectivity index (χ4n) is 3.29. The highest BCUT2D eigenvalue weighted by Crippen LogP contribution is 2.31. The number of ether oxygens (including phenoxy) is 1. The first kappa shape index (κ1) is 18.4. The van der Waals surface area contributed by atoms with Crippen molar-refractivity contribution in [1.82, 2.24) is 14.6 Å². The maximum absolute atomic E-state index is 12.1. The molecule has 144 valence electrons. The van der Waals surface area contributed by atoms with Crippen molar-refractivity contribution in [3.8, 4) is 21.9 Å². The smallest absolute Gasteiger partial charge is 0.364 e. The van der Waals surface area contributed by atoms with Crippen molar-refractivity contribution in [2.45, 2.75) is 27.4 Å². The topological polar surface area (TPSA) is 51.9 Å². The third-order valence-electron chi connectivity index (χ3n) is 4.93. The summed E-state index contributed by atoms with van der Waals surface area (Å²) >= 11 is 1.79. The van der Waals surface area contributed by atoms with Crippen LogP contribution in [-0.4, -0.2) is 14.6 Å². The van der Waals surface area contributed by atoms with E-state index in [0.29, 0.717) is 6.61 Å². The predicted octanol–water partition coefficient (Wildman–Crippen LogP) is 4.74. The van der Waals surface area contributed by atoms with Gasteiger partial charge in [0, 0.05) is 22.4 Å². The predicted molar refractivity (Wildman–Crippen MR) is 114 cm³/mol. The summed E-state index contributed by atoms with van der Waals surface area (Å²) in [5, 5.41) is 2.98. The van der Waals surface area contributed by atoms with Gasteiger partial charge in [-0.15, -0.1) is 11.3 Å². The van der Waals surface area contributed by atoms with Crippen LogP contribution in [0.3, 0.4) is 0 Å². The van der Waals surface area contributed by atoms with Crippen molar-refractivity contribution >= 4 is 11.3 Å². The molecule has 2 aromatic heterocycles. The van der Waals surface area contributed by atoms with E-state index in [1.807, 2.05) is 31.2 Å². The van der Waals surface area contributed by atoms with Gasteiger partial charge in [-0.25, -0.2) is 14.7 Å². The summed E-state index contributed by atoms with van der Waals surface area (Å²) in [5.41, 5.74) is 5.12. The molecule has 4 aromatic rings. The molecule has 0 spiro atoms. The third-order valence-corrected chi connectivity index (χ3v) is 5.98. The average Bonchev–Trinajstić information content (AvgIpc) is 3.12. The van der Waals surface area contributed by atoms with Gasteiger partial charge in [0.1, 0.15) is 12.4 Å². The molecule has 0 saturated carbocycles. The Morgan fingerprint density at radius 3 is 2.50 bits per heavy atom. The molecule has 4 rings (SSSR count). The molecule has 0 atom stereocenters. The van der Waals surface area contributed by atoms with Gasteiger partial charge in [-0.2, -0.15) is 4.68 Å². The van der Waals surface area contributed by atoms with Crippen LogP contribution in [-0.2, 0) is 13.7 Å². The Balaban J connectivity index is 1.59. The minimum Gasteiger partial charge on any atom is -0.489 e. The van der Waals surface area contributed by atoms with Crippen LogP contribution in [0.5, 0.6) is 5.75 Å². The molecule has 0 aliphatic carbocycles. The Labute approximate surface area is 167 Å². The van der Waals surface area contributed by atoms with Crippen molar-refractivity contribution < 1.29 is 4.74 Å². The summed E-state index contributed by atoms with van der Waals surface area (Å²) in [7, 11) is 1.70. The van der Waals surface area contributed by atoms with E-state index in [0.717, 1.165) is 28.1 Å². The molecular weight excluding hydrogens is 370 g/mol. The van der Waals surface area contributed by atoms with Gasteiger partial charge in [0.2, 0.25) is 0 Å². The lowest BCUT2D eigenvalue weighted by Crippen LogP contribution is -2.40. The summed E-state index contributed by atoms with van der Waals surface area (Å²) < 4.78 is 9.13. The molecular formula is C22H23N3O2S. The minimum atomic E-state index is -0.0846. The van der Waals surface area contributed by atoms with E-state index in [1.165, 1.54) is 20.0 Å². The van der Waals surface area contributed by atoms with Gasteiger partial charge in [-0.1, -0.05) is 12.1 Å². The van der Waals surface area contributed by atoms with Gasteiger partial charge in [-0.05, 0) is 73.9 Å². The molecule has 0 fully saturated rings. The van der Waals surface area contributed by atoms with Gasteiger partial charge in [0.25, 0.3) is 0 Å². The zero-order valence-corrected chi connectivity index (χ0v) is 17.3. The van der Waals surface area contributed by atoms with Gasteiger partial charge < -0.3 is 4.74 Å². The Morgan fingerprint density at radius 1 is 1.04 bits per heavy atom. The zero-order chi connectivity index (χ0) is 19.8. The number of benzene rings is 2. The van der Waals surface area contributed by atoms with Crippen molar-refractivity contribution in [1.29, 1.82) is 0 Å². The first-order valence-electron chi connectivity index (χ1n) is 9.17. The van der Waals surface area contributed by atoms with Gasteiger partial charge in [0.05, 0.1) is 5.69 Å². The minimum absolute atomic E-state index is 0.0846. The number of rotatable bonds is 5. The highest BCUT2D eigenvalue weighted by molar-refractivity contribution is 7.15. The normalized spacial score (nSPS) is 11.1. The second-order valence-electron chi connectivity index (χ2n) is 7.03. The first-order valence-corrected chi connectivity index (χ1v) is 9.98.